The van der Waals surface area contributed by atoms with Crippen molar-refractivity contribution in [3.05, 3.63) is 34.8 Å². The Morgan fingerprint density at radius 2 is 2.03 bits per heavy atom. The molecule has 1 aliphatic rings. The van der Waals surface area contributed by atoms with E-state index in [0.29, 0.717) is 0 Å². The molecule has 0 radical (unpaired) electrons. The van der Waals surface area contributed by atoms with Crippen molar-refractivity contribution < 1.29 is 4.74 Å². The zero-order valence-electron chi connectivity index (χ0n) is 18.1. The van der Waals surface area contributed by atoms with E-state index in [1.165, 1.54) is 25.9 Å². The lowest BCUT2D eigenvalue weighted by atomic mass is 10.0. The van der Waals surface area contributed by atoms with Crippen LogP contribution in [0.4, 0.5) is 0 Å². The van der Waals surface area contributed by atoms with Gasteiger partial charge in [-0.3, -0.25) is 0 Å². The van der Waals surface area contributed by atoms with Crippen LogP contribution in [0.5, 0.6) is 5.75 Å². The quantitative estimate of drug-likeness (QED) is 0.289. The summed E-state index contributed by atoms with van der Waals surface area (Å²) in [4.78, 5) is 8.20. The Hall–Kier alpha value is -2.45. The molecule has 7 nitrogen and oxygen atoms in total. The number of likely N-dealkylation sites (tertiary alicyclic amines) is 1. The molecule has 2 aromatic rings. The molecule has 3 rings (SSSR count). The molecule has 1 unspecified atom stereocenters. The first-order valence-corrected chi connectivity index (χ1v) is 11.3. The maximum atomic E-state index is 5.94. The third-order valence-corrected chi connectivity index (χ3v) is 6.49. The molecule has 1 saturated heterocycles. The van der Waals surface area contributed by atoms with Gasteiger partial charge in [-0.25, -0.2) is 4.98 Å². The predicted octanol–water partition coefficient (Wildman–Crippen LogP) is 3.62. The summed E-state index contributed by atoms with van der Waals surface area (Å²) in [7, 11) is 0. The molecule has 162 valence electrons. The van der Waals surface area contributed by atoms with Crippen LogP contribution in [0.1, 0.15) is 43.7 Å². The van der Waals surface area contributed by atoms with Crippen molar-refractivity contribution >= 4 is 23.0 Å². The fourth-order valence-electron chi connectivity index (χ4n) is 3.70. The minimum absolute atomic E-state index is 0.0576. The lowest BCUT2D eigenvalue weighted by Crippen LogP contribution is -2.35. The van der Waals surface area contributed by atoms with Gasteiger partial charge in [0.25, 0.3) is 0 Å². The van der Waals surface area contributed by atoms with E-state index in [9.17, 15) is 0 Å². The van der Waals surface area contributed by atoms with Crippen molar-refractivity contribution in [3.8, 4) is 16.3 Å². The van der Waals surface area contributed by atoms with Crippen molar-refractivity contribution in [1.29, 1.82) is 0 Å². The zero-order valence-corrected chi connectivity index (χ0v) is 18.9. The first kappa shape index (κ1) is 22.2. The highest BCUT2D eigenvalue weighted by molar-refractivity contribution is 7.17. The fourth-order valence-corrected chi connectivity index (χ4v) is 4.71. The molecule has 1 aromatic heterocycles. The van der Waals surface area contributed by atoms with Gasteiger partial charge in [0.05, 0.1) is 22.9 Å². The number of hydrogen-bond donors (Lipinski definition) is 2. The van der Waals surface area contributed by atoms with Gasteiger partial charge in [-0.2, -0.15) is 5.10 Å². The van der Waals surface area contributed by atoms with Gasteiger partial charge in [-0.15, -0.1) is 16.4 Å². The Balaban J connectivity index is 1.53. The predicted molar refractivity (Wildman–Crippen MR) is 125 cm³/mol. The third-order valence-electron chi connectivity index (χ3n) is 5.17. The van der Waals surface area contributed by atoms with Crippen LogP contribution in [-0.4, -0.2) is 47.8 Å². The number of hydrogen-bond acceptors (Lipinski definition) is 6. The van der Waals surface area contributed by atoms with E-state index >= 15 is 0 Å². The number of guanidine groups is 1. The Morgan fingerprint density at radius 3 is 2.73 bits per heavy atom. The van der Waals surface area contributed by atoms with E-state index in [4.69, 9.17) is 16.2 Å². The van der Waals surface area contributed by atoms with Gasteiger partial charge in [0, 0.05) is 18.7 Å². The Labute approximate surface area is 182 Å². The van der Waals surface area contributed by atoms with Crippen LogP contribution in [0.3, 0.4) is 0 Å². The van der Waals surface area contributed by atoms with E-state index < -0.39 is 0 Å². The average molecular weight is 429 g/mol. The number of piperidine rings is 1. The van der Waals surface area contributed by atoms with E-state index in [1.54, 1.807) is 11.3 Å². The molecule has 1 aromatic carbocycles. The van der Waals surface area contributed by atoms with E-state index in [0.717, 1.165) is 58.1 Å². The van der Waals surface area contributed by atoms with Gasteiger partial charge in [0.2, 0.25) is 5.96 Å². The number of rotatable bonds is 8. The number of nitrogens with two attached hydrogens (primary N) is 2. The van der Waals surface area contributed by atoms with Gasteiger partial charge >= 0.3 is 0 Å². The second-order valence-electron chi connectivity index (χ2n) is 7.92. The maximum Gasteiger partial charge on any atom is 0.211 e. The Morgan fingerprint density at radius 1 is 1.27 bits per heavy atom. The SMILES string of the molecule is C/C(=N\N=C(N)N)c1sc(-c2ccc(OCCCN3CCCC(C)C3)cc2)nc1C. The van der Waals surface area contributed by atoms with Crippen LogP contribution >= 0.6 is 11.3 Å². The largest absolute Gasteiger partial charge is 0.494 e. The summed E-state index contributed by atoms with van der Waals surface area (Å²) in [6.45, 7) is 10.5. The molecule has 0 spiro atoms. The molecule has 4 N–H and O–H groups in total. The minimum Gasteiger partial charge on any atom is -0.494 e. The van der Waals surface area contributed by atoms with Crippen LogP contribution < -0.4 is 16.2 Å². The van der Waals surface area contributed by atoms with Crippen molar-refractivity contribution in [3.63, 3.8) is 0 Å². The zero-order chi connectivity index (χ0) is 21.5. The third kappa shape index (κ3) is 6.27. The molecule has 8 heteroatoms. The first-order valence-electron chi connectivity index (χ1n) is 10.5. The van der Waals surface area contributed by atoms with E-state index in [-0.39, 0.29) is 5.96 Å². The van der Waals surface area contributed by atoms with E-state index in [1.807, 2.05) is 38.1 Å². The monoisotopic (exact) mass is 428 g/mol. The maximum absolute atomic E-state index is 5.94. The van der Waals surface area contributed by atoms with Gasteiger partial charge in [-0.1, -0.05) is 6.92 Å². The molecule has 1 atom stereocenters. The normalized spacial score (nSPS) is 17.7. The number of benzene rings is 1. The topological polar surface area (TPSA) is 102 Å². The van der Waals surface area contributed by atoms with Gasteiger partial charge in [-0.05, 0) is 69.8 Å². The summed E-state index contributed by atoms with van der Waals surface area (Å²) in [5, 5.41) is 8.72. The number of ether oxygens (including phenoxy) is 1. The summed E-state index contributed by atoms with van der Waals surface area (Å²) in [6.07, 6.45) is 3.74. The van der Waals surface area contributed by atoms with Crippen LogP contribution in [0.15, 0.2) is 34.5 Å². The summed E-state index contributed by atoms with van der Waals surface area (Å²) < 4.78 is 5.94. The number of nitrogens with zero attached hydrogens (tertiary/aromatic N) is 4. The smallest absolute Gasteiger partial charge is 0.211 e. The lowest BCUT2D eigenvalue weighted by molar-refractivity contribution is 0.170. The van der Waals surface area contributed by atoms with Crippen LogP contribution in [0.25, 0.3) is 10.6 Å². The lowest BCUT2D eigenvalue weighted by Gasteiger charge is -2.30. The molecule has 1 fully saturated rings. The summed E-state index contributed by atoms with van der Waals surface area (Å²) >= 11 is 1.58. The van der Waals surface area contributed by atoms with Crippen LogP contribution in [0, 0.1) is 12.8 Å². The molecule has 30 heavy (non-hydrogen) atoms. The van der Waals surface area contributed by atoms with Gasteiger partial charge in [0.15, 0.2) is 0 Å². The first-order chi connectivity index (χ1) is 14.4. The summed E-state index contributed by atoms with van der Waals surface area (Å²) in [6, 6.07) is 8.11. The molecule has 1 aliphatic heterocycles. The highest BCUT2D eigenvalue weighted by Crippen LogP contribution is 2.29. The highest BCUT2D eigenvalue weighted by atomic mass is 32.1. The highest BCUT2D eigenvalue weighted by Gasteiger charge is 2.15. The molecule has 0 saturated carbocycles. The number of thiazole rings is 1. The van der Waals surface area contributed by atoms with E-state index in [2.05, 4.69) is 27.0 Å². The minimum atomic E-state index is -0.0576. The van der Waals surface area contributed by atoms with Crippen molar-refractivity contribution in [2.24, 2.45) is 27.6 Å². The second-order valence-corrected chi connectivity index (χ2v) is 8.92. The average Bonchev–Trinajstić information content (AvgIpc) is 3.11. The van der Waals surface area contributed by atoms with Crippen LogP contribution in [0.2, 0.25) is 0 Å². The summed E-state index contributed by atoms with van der Waals surface area (Å²) in [5.41, 5.74) is 13.4. The summed E-state index contributed by atoms with van der Waals surface area (Å²) in [5.74, 6) is 1.66. The molecule has 0 aliphatic carbocycles. The molecular weight excluding hydrogens is 396 g/mol. The standard InChI is InChI=1S/C22H32N6OS/c1-15-6-4-11-28(14-15)12-5-13-29-19-9-7-18(8-10-19)21-25-16(2)20(30-21)17(3)26-27-22(23)24/h7-10,15H,4-6,11-14H2,1-3H3,(H4,23,24,27)/b26-17+. The molecule has 2 heterocycles. The molecule has 0 amide bonds. The fraction of sp³-hybridized carbons (Fsp3) is 0.500. The Kier molecular flexibility index (Phi) is 7.81. The van der Waals surface area contributed by atoms with Gasteiger partial charge < -0.3 is 21.1 Å². The van der Waals surface area contributed by atoms with Crippen molar-refractivity contribution in [1.82, 2.24) is 9.88 Å². The molecular formula is C22H32N6OS. The number of aryl methyl sites for hydroxylation is 1. The van der Waals surface area contributed by atoms with Crippen molar-refractivity contribution in [2.45, 2.75) is 40.0 Å². The van der Waals surface area contributed by atoms with Crippen LogP contribution in [-0.2, 0) is 0 Å². The Bertz CT molecular complexity index is 886. The second kappa shape index (κ2) is 10.5. The van der Waals surface area contributed by atoms with Gasteiger partial charge in [0.1, 0.15) is 10.8 Å². The molecule has 0 bridgehead atoms. The number of aromatic nitrogens is 1. The van der Waals surface area contributed by atoms with Crippen molar-refractivity contribution in [2.75, 3.05) is 26.2 Å².